The zero-order chi connectivity index (χ0) is 13.9. The molecule has 0 aliphatic carbocycles. The number of nitrogens with zero attached hydrogens (tertiary/aromatic N) is 3. The molecule has 2 aromatic heterocycles. The van der Waals surface area contributed by atoms with Gasteiger partial charge in [-0.1, -0.05) is 18.2 Å². The van der Waals surface area contributed by atoms with E-state index >= 15 is 0 Å². The van der Waals surface area contributed by atoms with Crippen LogP contribution in [-0.4, -0.2) is 22.0 Å². The van der Waals surface area contributed by atoms with Gasteiger partial charge in [0.25, 0.3) is 0 Å². The number of rotatable bonds is 3. The molecule has 3 rings (SSSR count). The van der Waals surface area contributed by atoms with Crippen LogP contribution in [0.2, 0.25) is 0 Å². The smallest absolute Gasteiger partial charge is 0.125 e. The van der Waals surface area contributed by atoms with Gasteiger partial charge < -0.3 is 5.32 Å². The van der Waals surface area contributed by atoms with E-state index in [1.165, 1.54) is 10.9 Å². The summed E-state index contributed by atoms with van der Waals surface area (Å²) in [5, 5.41) is 5.66. The van der Waals surface area contributed by atoms with Crippen molar-refractivity contribution in [2.45, 2.75) is 13.0 Å². The minimum Gasteiger partial charge on any atom is -0.308 e. The van der Waals surface area contributed by atoms with Crippen molar-refractivity contribution >= 4 is 10.8 Å². The lowest BCUT2D eigenvalue weighted by molar-refractivity contribution is 0.669. The van der Waals surface area contributed by atoms with Gasteiger partial charge in [0.1, 0.15) is 5.82 Å². The Hall–Kier alpha value is -2.33. The molecule has 0 saturated heterocycles. The quantitative estimate of drug-likeness (QED) is 0.790. The van der Waals surface area contributed by atoms with Crippen molar-refractivity contribution in [2.75, 3.05) is 7.05 Å². The predicted octanol–water partition coefficient (Wildman–Crippen LogP) is 2.64. The summed E-state index contributed by atoms with van der Waals surface area (Å²) in [6.07, 6.45) is 5.52. The van der Waals surface area contributed by atoms with Crippen LogP contribution in [0.1, 0.15) is 23.1 Å². The average molecular weight is 264 g/mol. The van der Waals surface area contributed by atoms with Gasteiger partial charge in [-0.05, 0) is 37.1 Å². The third-order valence-corrected chi connectivity index (χ3v) is 3.41. The van der Waals surface area contributed by atoms with Gasteiger partial charge in [0.05, 0.1) is 11.7 Å². The van der Waals surface area contributed by atoms with Crippen molar-refractivity contribution in [3.05, 3.63) is 66.0 Å². The molecular formula is C16H16N4. The lowest BCUT2D eigenvalue weighted by atomic mass is 9.98. The van der Waals surface area contributed by atoms with E-state index in [1.807, 2.05) is 38.5 Å². The highest BCUT2D eigenvalue weighted by Gasteiger charge is 2.16. The Balaban J connectivity index is 2.17. The Morgan fingerprint density at radius 3 is 2.80 bits per heavy atom. The van der Waals surface area contributed by atoms with Gasteiger partial charge in [0.2, 0.25) is 0 Å². The lowest BCUT2D eigenvalue weighted by Gasteiger charge is -2.18. The molecule has 100 valence electrons. The highest BCUT2D eigenvalue weighted by molar-refractivity contribution is 5.85. The summed E-state index contributed by atoms with van der Waals surface area (Å²) in [5.74, 6) is 0.779. The molecule has 0 radical (unpaired) electrons. The van der Waals surface area contributed by atoms with Crippen LogP contribution in [0, 0.1) is 6.92 Å². The Morgan fingerprint density at radius 1 is 1.10 bits per heavy atom. The number of aryl methyl sites for hydroxylation is 1. The molecule has 4 heteroatoms. The van der Waals surface area contributed by atoms with E-state index in [9.17, 15) is 0 Å². The molecule has 1 atom stereocenters. The van der Waals surface area contributed by atoms with Crippen molar-refractivity contribution in [1.82, 2.24) is 20.3 Å². The van der Waals surface area contributed by atoms with Crippen LogP contribution in [0.3, 0.4) is 0 Å². The minimum absolute atomic E-state index is 0.0320. The fourth-order valence-electron chi connectivity index (χ4n) is 2.49. The van der Waals surface area contributed by atoms with Gasteiger partial charge in [0.15, 0.2) is 0 Å². The third-order valence-electron chi connectivity index (χ3n) is 3.41. The molecule has 0 aliphatic rings. The minimum atomic E-state index is 0.0320. The van der Waals surface area contributed by atoms with Crippen LogP contribution in [0.5, 0.6) is 0 Å². The topological polar surface area (TPSA) is 50.7 Å². The van der Waals surface area contributed by atoms with Crippen LogP contribution >= 0.6 is 0 Å². The molecule has 0 aliphatic heterocycles. The van der Waals surface area contributed by atoms with Crippen LogP contribution in [-0.2, 0) is 0 Å². The van der Waals surface area contributed by atoms with Crippen molar-refractivity contribution in [1.29, 1.82) is 0 Å². The Bertz CT molecular complexity index is 734. The fraction of sp³-hybridized carbons (Fsp3) is 0.188. The average Bonchev–Trinajstić information content (AvgIpc) is 2.48. The molecule has 1 unspecified atom stereocenters. The molecule has 0 spiro atoms. The van der Waals surface area contributed by atoms with Gasteiger partial charge in [-0.25, -0.2) is 9.97 Å². The molecule has 1 N–H and O–H groups in total. The van der Waals surface area contributed by atoms with Gasteiger partial charge >= 0.3 is 0 Å². The number of nitrogens with one attached hydrogen (secondary N) is 1. The number of benzene rings is 1. The SMILES string of the molecule is CNC(c1ccnc(C)n1)c1cccc2ccncc12. The van der Waals surface area contributed by atoms with E-state index in [0.717, 1.165) is 16.9 Å². The van der Waals surface area contributed by atoms with Crippen molar-refractivity contribution < 1.29 is 0 Å². The first-order valence-electron chi connectivity index (χ1n) is 6.59. The van der Waals surface area contributed by atoms with E-state index in [0.29, 0.717) is 0 Å². The second kappa shape index (κ2) is 5.35. The van der Waals surface area contributed by atoms with Crippen molar-refractivity contribution in [3.8, 4) is 0 Å². The van der Waals surface area contributed by atoms with Gasteiger partial charge in [0, 0.05) is 24.0 Å². The largest absolute Gasteiger partial charge is 0.308 e. The molecular weight excluding hydrogens is 248 g/mol. The third kappa shape index (κ3) is 2.26. The second-order valence-corrected chi connectivity index (χ2v) is 4.69. The van der Waals surface area contributed by atoms with Gasteiger partial charge in [-0.3, -0.25) is 4.98 Å². The molecule has 2 heterocycles. The van der Waals surface area contributed by atoms with E-state index in [1.54, 1.807) is 6.20 Å². The summed E-state index contributed by atoms with van der Waals surface area (Å²) in [7, 11) is 1.94. The second-order valence-electron chi connectivity index (χ2n) is 4.69. The van der Waals surface area contributed by atoms with Crippen molar-refractivity contribution in [3.63, 3.8) is 0 Å². The Kier molecular flexibility index (Phi) is 3.39. The van der Waals surface area contributed by atoms with Gasteiger partial charge in [-0.15, -0.1) is 0 Å². The molecule has 0 fully saturated rings. The number of aromatic nitrogens is 3. The standard InChI is InChI=1S/C16H16N4/c1-11-19-9-7-15(20-11)16(17-2)13-5-3-4-12-6-8-18-10-14(12)13/h3-10,16-17H,1-2H3. The number of hydrogen-bond acceptors (Lipinski definition) is 4. The van der Waals surface area contributed by atoms with Crippen LogP contribution < -0.4 is 5.32 Å². The van der Waals surface area contributed by atoms with Crippen LogP contribution in [0.15, 0.2) is 48.9 Å². The van der Waals surface area contributed by atoms with E-state index in [-0.39, 0.29) is 6.04 Å². The monoisotopic (exact) mass is 264 g/mol. The van der Waals surface area contributed by atoms with Crippen molar-refractivity contribution in [2.24, 2.45) is 0 Å². The molecule has 4 nitrogen and oxygen atoms in total. The zero-order valence-electron chi connectivity index (χ0n) is 11.5. The maximum atomic E-state index is 4.53. The first-order valence-corrected chi connectivity index (χ1v) is 6.59. The summed E-state index contributed by atoms with van der Waals surface area (Å²) in [4.78, 5) is 12.9. The Labute approximate surface area is 117 Å². The zero-order valence-corrected chi connectivity index (χ0v) is 11.5. The lowest BCUT2D eigenvalue weighted by Crippen LogP contribution is -2.19. The first kappa shape index (κ1) is 12.7. The fourth-order valence-corrected chi connectivity index (χ4v) is 2.49. The van der Waals surface area contributed by atoms with Crippen LogP contribution in [0.4, 0.5) is 0 Å². The highest BCUT2D eigenvalue weighted by atomic mass is 14.9. The van der Waals surface area contributed by atoms with Gasteiger partial charge in [-0.2, -0.15) is 0 Å². The Morgan fingerprint density at radius 2 is 2.00 bits per heavy atom. The highest BCUT2D eigenvalue weighted by Crippen LogP contribution is 2.27. The molecule has 20 heavy (non-hydrogen) atoms. The van der Waals surface area contributed by atoms with Crippen LogP contribution in [0.25, 0.3) is 10.8 Å². The number of fused-ring (bicyclic) bond motifs is 1. The van der Waals surface area contributed by atoms with E-state index < -0.39 is 0 Å². The number of pyridine rings is 1. The maximum absolute atomic E-state index is 4.53. The molecule has 0 saturated carbocycles. The normalized spacial score (nSPS) is 12.5. The molecule has 3 aromatic rings. The predicted molar refractivity (Wildman–Crippen MR) is 79.4 cm³/mol. The summed E-state index contributed by atoms with van der Waals surface area (Å²) < 4.78 is 0. The number of hydrogen-bond donors (Lipinski definition) is 1. The van der Waals surface area contributed by atoms with E-state index in [2.05, 4.69) is 38.5 Å². The summed E-state index contributed by atoms with van der Waals surface area (Å²) in [6.45, 7) is 1.90. The summed E-state index contributed by atoms with van der Waals surface area (Å²) in [5.41, 5.74) is 2.15. The maximum Gasteiger partial charge on any atom is 0.125 e. The summed E-state index contributed by atoms with van der Waals surface area (Å²) >= 11 is 0. The summed E-state index contributed by atoms with van der Waals surface area (Å²) in [6, 6.07) is 10.3. The molecule has 0 bridgehead atoms. The molecule has 0 amide bonds. The first-order chi connectivity index (χ1) is 9.79. The van der Waals surface area contributed by atoms with E-state index in [4.69, 9.17) is 0 Å². The molecule has 1 aromatic carbocycles.